The molecular weight excluding hydrogens is 439 g/mol. The second-order valence-electron chi connectivity index (χ2n) is 6.83. The van der Waals surface area contributed by atoms with E-state index in [4.69, 9.17) is 11.6 Å². The number of halogens is 6. The summed E-state index contributed by atoms with van der Waals surface area (Å²) >= 11 is 7.33. The Bertz CT molecular complexity index is 966. The van der Waals surface area contributed by atoms with Gasteiger partial charge in [-0.2, -0.15) is 13.9 Å². The van der Waals surface area contributed by atoms with Gasteiger partial charge in [0.1, 0.15) is 5.02 Å². The Morgan fingerprint density at radius 2 is 1.76 bits per heavy atom. The predicted octanol–water partition coefficient (Wildman–Crippen LogP) is 6.05. The summed E-state index contributed by atoms with van der Waals surface area (Å²) in [4.78, 5) is 12.8. The van der Waals surface area contributed by atoms with E-state index in [2.05, 4.69) is 9.84 Å². The first kappa shape index (κ1) is 23.2. The average Bonchev–Trinajstić information content (AvgIpc) is 2.60. The third-order valence-electron chi connectivity index (χ3n) is 3.50. The van der Waals surface area contributed by atoms with Crippen molar-refractivity contribution in [2.24, 2.45) is 0 Å². The molecule has 0 aliphatic heterocycles. The van der Waals surface area contributed by atoms with Crippen molar-refractivity contribution in [1.82, 2.24) is 9.78 Å². The first-order valence-corrected chi connectivity index (χ1v) is 9.47. The van der Waals surface area contributed by atoms with Gasteiger partial charge in [-0.1, -0.05) is 35.9 Å². The fraction of sp³-hybridized carbons (Fsp3) is 0.333. The van der Waals surface area contributed by atoms with Gasteiger partial charge in [0, 0.05) is 11.3 Å². The molecule has 2 rings (SSSR count). The van der Waals surface area contributed by atoms with E-state index in [1.54, 1.807) is 0 Å². The van der Waals surface area contributed by atoms with Crippen molar-refractivity contribution in [2.75, 3.05) is 0 Å². The molecule has 29 heavy (non-hydrogen) atoms. The molecular formula is C18H16ClF5N2O2S. The number of hydrogen-bond acceptors (Lipinski definition) is 4. The summed E-state index contributed by atoms with van der Waals surface area (Å²) < 4.78 is 66.9. The summed E-state index contributed by atoms with van der Waals surface area (Å²) in [6.45, 7) is 5.42. The average molecular weight is 455 g/mol. The molecule has 1 heterocycles. The quantitative estimate of drug-likeness (QED) is 0.313. The van der Waals surface area contributed by atoms with Crippen molar-refractivity contribution in [3.8, 4) is 0 Å². The van der Waals surface area contributed by atoms with Crippen LogP contribution >= 0.6 is 23.4 Å². The molecule has 0 bridgehead atoms. The van der Waals surface area contributed by atoms with Gasteiger partial charge < -0.3 is 4.74 Å². The van der Waals surface area contributed by atoms with Crippen molar-refractivity contribution in [3.05, 3.63) is 63.0 Å². The maximum absolute atomic E-state index is 13.7. The highest BCUT2D eigenvalue weighted by Gasteiger charge is 2.34. The summed E-state index contributed by atoms with van der Waals surface area (Å²) in [5.74, 6) is -1.45. The van der Waals surface area contributed by atoms with Crippen LogP contribution in [0.3, 0.4) is 0 Å². The van der Waals surface area contributed by atoms with Gasteiger partial charge in [-0.05, 0) is 26.3 Å². The van der Waals surface area contributed by atoms with Crippen LogP contribution in [-0.4, -0.2) is 16.1 Å². The fourth-order valence-corrected chi connectivity index (χ4v) is 3.31. The SMILES string of the molecule is CC(C)(C)n1ncc(SCc2ccc(/C(F)=C(/F)OC(F)(F)F)cc2)c(Cl)c1=O. The molecule has 0 amide bonds. The molecule has 0 spiro atoms. The zero-order valence-corrected chi connectivity index (χ0v) is 17.1. The van der Waals surface area contributed by atoms with Crippen LogP contribution in [0.25, 0.3) is 5.83 Å². The minimum Gasteiger partial charge on any atom is -0.376 e. The maximum Gasteiger partial charge on any atom is 0.574 e. The van der Waals surface area contributed by atoms with Crippen LogP contribution in [0, 0.1) is 0 Å². The second-order valence-corrected chi connectivity index (χ2v) is 8.23. The Hall–Kier alpha value is -2.07. The highest BCUT2D eigenvalue weighted by atomic mass is 35.5. The molecule has 4 nitrogen and oxygen atoms in total. The van der Waals surface area contributed by atoms with Gasteiger partial charge in [0.25, 0.3) is 5.56 Å². The Morgan fingerprint density at radius 3 is 2.28 bits per heavy atom. The lowest BCUT2D eigenvalue weighted by molar-refractivity contribution is -0.313. The van der Waals surface area contributed by atoms with E-state index in [0.29, 0.717) is 16.2 Å². The lowest BCUT2D eigenvalue weighted by Gasteiger charge is -2.21. The normalized spacial score (nSPS) is 13.3. The van der Waals surface area contributed by atoms with Gasteiger partial charge in [-0.15, -0.1) is 24.9 Å². The zero-order chi connectivity index (χ0) is 22.0. The Labute approximate surface area is 172 Å². The first-order chi connectivity index (χ1) is 13.3. The smallest absolute Gasteiger partial charge is 0.376 e. The summed E-state index contributed by atoms with van der Waals surface area (Å²) in [5.41, 5.74) is -0.748. The maximum atomic E-state index is 13.7. The molecule has 1 aromatic heterocycles. The van der Waals surface area contributed by atoms with Crippen LogP contribution < -0.4 is 5.56 Å². The van der Waals surface area contributed by atoms with Gasteiger partial charge >= 0.3 is 12.4 Å². The Morgan fingerprint density at radius 1 is 1.17 bits per heavy atom. The van der Waals surface area contributed by atoms with Crippen molar-refractivity contribution in [3.63, 3.8) is 0 Å². The van der Waals surface area contributed by atoms with Crippen molar-refractivity contribution in [2.45, 2.75) is 43.3 Å². The molecule has 0 atom stereocenters. The van der Waals surface area contributed by atoms with Gasteiger partial charge in [0.15, 0.2) is 0 Å². The van der Waals surface area contributed by atoms with Crippen molar-refractivity contribution < 1.29 is 26.7 Å². The number of ether oxygens (including phenoxy) is 1. The molecule has 0 aliphatic rings. The number of thioether (sulfide) groups is 1. The van der Waals surface area contributed by atoms with Crippen molar-refractivity contribution >= 4 is 29.2 Å². The van der Waals surface area contributed by atoms with Crippen LogP contribution in [0.5, 0.6) is 0 Å². The van der Waals surface area contributed by atoms with E-state index in [1.807, 2.05) is 20.8 Å². The van der Waals surface area contributed by atoms with Gasteiger partial charge in [0.05, 0.1) is 16.6 Å². The van der Waals surface area contributed by atoms with E-state index in [-0.39, 0.29) is 5.02 Å². The molecule has 0 aliphatic carbocycles. The van der Waals surface area contributed by atoms with Crippen LogP contribution in [0.15, 0.2) is 46.2 Å². The number of nitrogens with zero attached hydrogens (tertiary/aromatic N) is 2. The summed E-state index contributed by atoms with van der Waals surface area (Å²) in [6.07, 6.45) is -3.87. The van der Waals surface area contributed by atoms with E-state index < -0.39 is 34.9 Å². The van der Waals surface area contributed by atoms with E-state index in [1.165, 1.54) is 34.8 Å². The molecule has 158 valence electrons. The molecule has 0 N–H and O–H groups in total. The first-order valence-electron chi connectivity index (χ1n) is 8.11. The lowest BCUT2D eigenvalue weighted by atomic mass is 10.1. The third-order valence-corrected chi connectivity index (χ3v) is 5.08. The number of hydrogen-bond donors (Lipinski definition) is 0. The predicted molar refractivity (Wildman–Crippen MR) is 101 cm³/mol. The number of rotatable bonds is 5. The highest BCUT2D eigenvalue weighted by Crippen LogP contribution is 2.30. The minimum absolute atomic E-state index is 0.0110. The minimum atomic E-state index is -5.33. The molecule has 0 unspecified atom stereocenters. The summed E-state index contributed by atoms with van der Waals surface area (Å²) in [6, 6.07) is 2.67. The van der Waals surface area contributed by atoms with Crippen LogP contribution in [0.2, 0.25) is 5.02 Å². The Kier molecular flexibility index (Phi) is 7.00. The van der Waals surface area contributed by atoms with E-state index in [9.17, 15) is 26.7 Å². The summed E-state index contributed by atoms with van der Waals surface area (Å²) in [5, 5.41) is 4.12. The van der Waals surface area contributed by atoms with Gasteiger partial charge in [-0.25, -0.2) is 4.68 Å². The monoisotopic (exact) mass is 454 g/mol. The largest absolute Gasteiger partial charge is 0.574 e. The standard InChI is InChI=1S/C18H16ClF5N2O2S/c1-17(2,3)26-16(27)13(19)12(8-25-26)29-9-10-4-6-11(7-5-10)14(20)15(21)28-18(22,23)24/h4-8H,9H2,1-3H3/b15-14+. The lowest BCUT2D eigenvalue weighted by Crippen LogP contribution is -2.36. The van der Waals surface area contributed by atoms with Gasteiger partial charge in [0.2, 0.25) is 5.83 Å². The van der Waals surface area contributed by atoms with Crippen molar-refractivity contribution in [1.29, 1.82) is 0 Å². The molecule has 0 saturated carbocycles. The van der Waals surface area contributed by atoms with Crippen LogP contribution in [0.4, 0.5) is 22.0 Å². The van der Waals surface area contributed by atoms with Crippen LogP contribution in [-0.2, 0) is 16.0 Å². The molecule has 0 saturated heterocycles. The molecule has 1 aromatic carbocycles. The Balaban J connectivity index is 2.13. The van der Waals surface area contributed by atoms with E-state index in [0.717, 1.165) is 12.1 Å². The zero-order valence-electron chi connectivity index (χ0n) is 15.5. The fourth-order valence-electron chi connectivity index (χ4n) is 2.16. The molecule has 11 heteroatoms. The molecule has 0 radical (unpaired) electrons. The van der Waals surface area contributed by atoms with E-state index >= 15 is 0 Å². The number of alkyl halides is 3. The molecule has 0 fully saturated rings. The highest BCUT2D eigenvalue weighted by molar-refractivity contribution is 7.98. The topological polar surface area (TPSA) is 44.1 Å². The van der Waals surface area contributed by atoms with Gasteiger partial charge in [-0.3, -0.25) is 4.79 Å². The number of benzene rings is 1. The second kappa shape index (κ2) is 8.74. The summed E-state index contributed by atoms with van der Waals surface area (Å²) in [7, 11) is 0. The van der Waals surface area contributed by atoms with Crippen LogP contribution in [0.1, 0.15) is 31.9 Å². The molecule has 2 aromatic rings. The number of aromatic nitrogens is 2. The third kappa shape index (κ3) is 6.20.